The third-order valence-corrected chi connectivity index (χ3v) is 12.1. The summed E-state index contributed by atoms with van der Waals surface area (Å²) < 4.78 is 2.45. The van der Waals surface area contributed by atoms with E-state index in [2.05, 4.69) is 199 Å². The van der Waals surface area contributed by atoms with Crippen molar-refractivity contribution < 1.29 is 0 Å². The van der Waals surface area contributed by atoms with Crippen molar-refractivity contribution in [1.29, 1.82) is 0 Å². The van der Waals surface area contributed by atoms with Gasteiger partial charge in [0.2, 0.25) is 0 Å². The number of fused-ring (bicyclic) bond motifs is 6. The molecule has 2 aliphatic rings. The summed E-state index contributed by atoms with van der Waals surface area (Å²) in [7, 11) is 0. The van der Waals surface area contributed by atoms with Crippen molar-refractivity contribution in [2.24, 2.45) is 0 Å². The summed E-state index contributed by atoms with van der Waals surface area (Å²) in [4.78, 5) is 0. The molecule has 1 aromatic heterocycles. The smallest absolute Gasteiger partial charge is 0.0541 e. The largest absolute Gasteiger partial charge is 0.309 e. The molecule has 260 valence electrons. The summed E-state index contributed by atoms with van der Waals surface area (Å²) in [5, 5.41) is 7.73. The number of allylic oxidation sites excluding steroid dienone is 5. The van der Waals surface area contributed by atoms with E-state index in [0.717, 1.165) is 19.3 Å². The zero-order valence-corrected chi connectivity index (χ0v) is 30.6. The molecule has 0 radical (unpaired) electrons. The van der Waals surface area contributed by atoms with Crippen molar-refractivity contribution in [2.75, 3.05) is 0 Å². The Balaban J connectivity index is 1.03. The SMILES string of the molecule is C1=Cc2ccccc2C(c2cc(C3=CC=C(c4ccc(-n5c6ccccc6c6ccccc65)c5ccccc45)CC3)cc(-c3cccc4ccccc34)c2)C1. The molecule has 2 aliphatic carbocycles. The number of rotatable bonds is 5. The molecule has 9 aromatic rings. The van der Waals surface area contributed by atoms with Gasteiger partial charge >= 0.3 is 0 Å². The third kappa shape index (κ3) is 5.30. The van der Waals surface area contributed by atoms with Crippen molar-refractivity contribution in [2.45, 2.75) is 25.2 Å². The Morgan fingerprint density at radius 2 is 1.09 bits per heavy atom. The van der Waals surface area contributed by atoms with Gasteiger partial charge in [0.05, 0.1) is 16.7 Å². The highest BCUT2D eigenvalue weighted by molar-refractivity contribution is 6.11. The quantitative estimate of drug-likeness (QED) is 0.168. The first-order valence-corrected chi connectivity index (χ1v) is 19.6. The fourth-order valence-corrected chi connectivity index (χ4v) is 9.47. The van der Waals surface area contributed by atoms with E-state index in [0.29, 0.717) is 5.92 Å². The second-order valence-corrected chi connectivity index (χ2v) is 15.1. The van der Waals surface area contributed by atoms with Crippen molar-refractivity contribution >= 4 is 60.6 Å². The van der Waals surface area contributed by atoms with Crippen molar-refractivity contribution in [3.63, 3.8) is 0 Å². The van der Waals surface area contributed by atoms with Gasteiger partial charge in [-0.25, -0.2) is 0 Å². The van der Waals surface area contributed by atoms with Crippen molar-refractivity contribution in [1.82, 2.24) is 4.57 Å². The molecule has 1 heteroatoms. The summed E-state index contributed by atoms with van der Waals surface area (Å²) in [6.45, 7) is 0. The van der Waals surface area contributed by atoms with E-state index in [9.17, 15) is 0 Å². The van der Waals surface area contributed by atoms with Crippen LogP contribution in [0.4, 0.5) is 0 Å². The zero-order chi connectivity index (χ0) is 36.3. The maximum Gasteiger partial charge on any atom is 0.0541 e. The lowest BCUT2D eigenvalue weighted by Gasteiger charge is -2.25. The van der Waals surface area contributed by atoms with Crippen LogP contribution in [0, 0.1) is 0 Å². The highest BCUT2D eigenvalue weighted by Crippen LogP contribution is 2.43. The molecule has 8 aromatic carbocycles. The molecule has 1 nitrogen and oxygen atoms in total. The van der Waals surface area contributed by atoms with Crippen LogP contribution in [0.25, 0.3) is 77.4 Å². The molecule has 1 unspecified atom stereocenters. The number of aromatic nitrogens is 1. The van der Waals surface area contributed by atoms with E-state index in [4.69, 9.17) is 0 Å². The molecule has 1 atom stereocenters. The zero-order valence-electron chi connectivity index (χ0n) is 30.6. The maximum atomic E-state index is 2.48. The molecule has 0 saturated carbocycles. The van der Waals surface area contributed by atoms with Gasteiger partial charge in [-0.15, -0.1) is 0 Å². The van der Waals surface area contributed by atoms with E-state index in [1.807, 2.05) is 0 Å². The van der Waals surface area contributed by atoms with Gasteiger partial charge in [0, 0.05) is 22.1 Å². The predicted molar refractivity (Wildman–Crippen MR) is 235 cm³/mol. The summed E-state index contributed by atoms with van der Waals surface area (Å²) in [6.07, 6.45) is 12.4. The van der Waals surface area contributed by atoms with E-state index < -0.39 is 0 Å². The second kappa shape index (κ2) is 13.0. The summed E-state index contributed by atoms with van der Waals surface area (Å²) >= 11 is 0. The molecule has 1 heterocycles. The Morgan fingerprint density at radius 3 is 1.89 bits per heavy atom. The number of para-hydroxylation sites is 2. The molecular weight excluding hydrogens is 663 g/mol. The fraction of sp³-hybridized carbons (Fsp3) is 0.0741. The second-order valence-electron chi connectivity index (χ2n) is 15.1. The van der Waals surface area contributed by atoms with Gasteiger partial charge in [-0.05, 0) is 110 Å². The maximum absolute atomic E-state index is 2.48. The average molecular weight is 702 g/mol. The average Bonchev–Trinajstić information content (AvgIpc) is 3.59. The first kappa shape index (κ1) is 31.8. The lowest BCUT2D eigenvalue weighted by molar-refractivity contribution is 0.819. The Kier molecular flexibility index (Phi) is 7.52. The molecule has 0 fully saturated rings. The Morgan fingerprint density at radius 1 is 0.455 bits per heavy atom. The summed E-state index contributed by atoms with van der Waals surface area (Å²) in [5.41, 5.74) is 15.9. The molecule has 0 spiro atoms. The van der Waals surface area contributed by atoms with Crippen LogP contribution in [0.5, 0.6) is 0 Å². The normalized spacial score (nSPS) is 15.4. The van der Waals surface area contributed by atoms with Crippen molar-refractivity contribution in [3.8, 4) is 16.8 Å². The molecule has 0 amide bonds. The van der Waals surface area contributed by atoms with Crippen LogP contribution in [-0.4, -0.2) is 4.57 Å². The lowest BCUT2D eigenvalue weighted by atomic mass is 9.79. The molecule has 0 saturated heterocycles. The Labute approximate surface area is 321 Å². The molecule has 11 rings (SSSR count). The Hall–Kier alpha value is -6.70. The van der Waals surface area contributed by atoms with Crippen LogP contribution in [0.1, 0.15) is 53.0 Å². The minimum Gasteiger partial charge on any atom is -0.309 e. The number of nitrogens with zero attached hydrogens (tertiary/aromatic N) is 1. The van der Waals surface area contributed by atoms with Gasteiger partial charge < -0.3 is 4.57 Å². The van der Waals surface area contributed by atoms with Crippen LogP contribution in [0.15, 0.2) is 188 Å². The van der Waals surface area contributed by atoms with Crippen LogP contribution < -0.4 is 0 Å². The van der Waals surface area contributed by atoms with Gasteiger partial charge in [0.15, 0.2) is 0 Å². The first-order valence-electron chi connectivity index (χ1n) is 19.6. The predicted octanol–water partition coefficient (Wildman–Crippen LogP) is 14.6. The number of hydrogen-bond donors (Lipinski definition) is 0. The monoisotopic (exact) mass is 701 g/mol. The van der Waals surface area contributed by atoms with Gasteiger partial charge in [-0.1, -0.05) is 170 Å². The Bertz CT molecular complexity index is 3020. The lowest BCUT2D eigenvalue weighted by Crippen LogP contribution is -2.07. The summed E-state index contributed by atoms with van der Waals surface area (Å²) in [5.74, 6) is 0.324. The highest BCUT2D eigenvalue weighted by atomic mass is 15.0. The molecule has 55 heavy (non-hydrogen) atoms. The van der Waals surface area contributed by atoms with Crippen LogP contribution in [0.2, 0.25) is 0 Å². The topological polar surface area (TPSA) is 4.93 Å². The van der Waals surface area contributed by atoms with E-state index in [1.165, 1.54) is 99.1 Å². The van der Waals surface area contributed by atoms with Crippen LogP contribution >= 0.6 is 0 Å². The van der Waals surface area contributed by atoms with Crippen molar-refractivity contribution in [3.05, 3.63) is 216 Å². The highest BCUT2D eigenvalue weighted by Gasteiger charge is 2.22. The van der Waals surface area contributed by atoms with E-state index in [-0.39, 0.29) is 0 Å². The minimum atomic E-state index is 0.324. The fourth-order valence-electron chi connectivity index (χ4n) is 9.47. The summed E-state index contributed by atoms with van der Waals surface area (Å²) in [6, 6.07) is 63.0. The van der Waals surface area contributed by atoms with Crippen LogP contribution in [0.3, 0.4) is 0 Å². The molecule has 0 N–H and O–H groups in total. The molecule has 0 aliphatic heterocycles. The standard InChI is InChI=1S/C54H39N/c1-3-17-43-37(13-1)15-11-23-45(43)41-33-40(34-42(35-41)46-24-12-16-38-14-2-4-18-44(38)46)36-27-29-39(30-28-36)47-31-32-54(49-20-6-5-19-48(47)49)55-52-25-9-7-21-50(52)51-22-8-10-26-53(51)55/h1-23,25-27,29,31-35,46H,24,28,30H2. The number of benzene rings is 8. The first-order chi connectivity index (χ1) is 27.3. The molecule has 0 bridgehead atoms. The number of hydrogen-bond acceptors (Lipinski definition) is 0. The van der Waals surface area contributed by atoms with Gasteiger partial charge in [-0.2, -0.15) is 0 Å². The molecular formula is C54H39N. The van der Waals surface area contributed by atoms with Gasteiger partial charge in [0.25, 0.3) is 0 Å². The van der Waals surface area contributed by atoms with Gasteiger partial charge in [0.1, 0.15) is 0 Å². The third-order valence-electron chi connectivity index (χ3n) is 12.1. The van der Waals surface area contributed by atoms with Crippen LogP contribution in [-0.2, 0) is 0 Å². The van der Waals surface area contributed by atoms with E-state index >= 15 is 0 Å². The van der Waals surface area contributed by atoms with E-state index in [1.54, 1.807) is 0 Å². The minimum absolute atomic E-state index is 0.324. The van der Waals surface area contributed by atoms with Gasteiger partial charge in [-0.3, -0.25) is 0 Å².